The number of ether oxygens (including phenoxy) is 2. The third kappa shape index (κ3) is 8.80. The number of fused-ring (bicyclic) bond motifs is 6. The number of hydrogen-bond acceptors (Lipinski definition) is 11. The Labute approximate surface area is 355 Å². The fraction of sp³-hybridized carbons (Fsp3) is 0.545. The second-order valence-corrected chi connectivity index (χ2v) is 18.8. The van der Waals surface area contributed by atoms with Crippen LogP contribution in [0.4, 0.5) is 0 Å². The van der Waals surface area contributed by atoms with Crippen LogP contribution >= 0.6 is 23.1 Å². The minimum atomic E-state index is -1.39. The zero-order chi connectivity index (χ0) is 42.1. The molecule has 0 saturated carbocycles. The van der Waals surface area contributed by atoms with Crippen molar-refractivity contribution in [3.63, 3.8) is 0 Å². The Balaban J connectivity index is 1.36. The van der Waals surface area contributed by atoms with E-state index in [4.69, 9.17) is 19.4 Å². The Hall–Kier alpha value is -4.31. The van der Waals surface area contributed by atoms with E-state index < -0.39 is 28.9 Å². The topological polar surface area (TPSA) is 148 Å². The zero-order valence-corrected chi connectivity index (χ0v) is 36.9. The van der Waals surface area contributed by atoms with E-state index in [0.717, 1.165) is 44.7 Å². The number of benzene rings is 1. The van der Waals surface area contributed by atoms with Gasteiger partial charge in [-0.3, -0.25) is 29.2 Å². The molecule has 2 saturated heterocycles. The summed E-state index contributed by atoms with van der Waals surface area (Å²) in [6.45, 7) is 12.0. The number of rotatable bonds is 8. The molecule has 0 radical (unpaired) electrons. The van der Waals surface area contributed by atoms with Crippen molar-refractivity contribution in [2.45, 2.75) is 97.4 Å². The van der Waals surface area contributed by atoms with Gasteiger partial charge in [0.25, 0.3) is 5.91 Å². The molecule has 59 heavy (non-hydrogen) atoms. The number of aryl methyl sites for hydroxylation is 1. The number of thiazole rings is 1. The quantitative estimate of drug-likeness (QED) is 0.197. The number of esters is 1. The maximum Gasteiger partial charge on any atom is 0.324 e. The standard InChI is InChI=1S/C44H57N7O6S2/c1-8-50-36-16-15-29-20-32(36)33(39(50)31-13-9-17-45-38(31)27(2)56-6)21-43(4,5)25-57-41(54)34-14-11-19-51(48-34)42(55)44(26-58-7,22-37-46-35(29)24-59-37)47-40(53)30-12-10-18-49(23-30)28(3)52/h9,13,15-17,20,24,27,30,34,48H,8,10-12,14,18-19,21-23,25-26H2,1-7H3,(H,47,53)/t27-,30-,34-,44+/m0/s1. The first kappa shape index (κ1) is 42.8. The van der Waals surface area contributed by atoms with Gasteiger partial charge in [-0.25, -0.2) is 10.4 Å². The number of carbonyl (C=O) groups excluding carboxylic acids is 4. The monoisotopic (exact) mass is 843 g/mol. The van der Waals surface area contributed by atoms with Crippen molar-refractivity contribution in [1.29, 1.82) is 0 Å². The van der Waals surface area contributed by atoms with Gasteiger partial charge < -0.3 is 24.3 Å². The smallest absolute Gasteiger partial charge is 0.324 e. The van der Waals surface area contributed by atoms with Crippen molar-refractivity contribution in [3.8, 4) is 22.5 Å². The first-order chi connectivity index (χ1) is 28.3. The largest absolute Gasteiger partial charge is 0.464 e. The van der Waals surface area contributed by atoms with Crippen molar-refractivity contribution < 1.29 is 28.7 Å². The predicted octanol–water partition coefficient (Wildman–Crippen LogP) is 6.19. The number of likely N-dealkylation sites (tertiary alicyclic amines) is 1. The molecule has 0 spiro atoms. The number of nitrogens with one attached hydrogen (secondary N) is 2. The first-order valence-electron chi connectivity index (χ1n) is 20.7. The van der Waals surface area contributed by atoms with Crippen molar-refractivity contribution in [3.05, 3.63) is 58.2 Å². The third-order valence-corrected chi connectivity index (χ3v) is 13.6. The molecule has 2 N–H and O–H groups in total. The van der Waals surface area contributed by atoms with Crippen LogP contribution in [0.3, 0.4) is 0 Å². The van der Waals surface area contributed by atoms with Crippen LogP contribution in [-0.4, -0.2) is 105 Å². The molecule has 4 aromatic rings. The van der Waals surface area contributed by atoms with Gasteiger partial charge in [-0.05, 0) is 82.0 Å². The molecule has 4 atom stereocenters. The van der Waals surface area contributed by atoms with Crippen LogP contribution in [-0.2, 0) is 48.0 Å². The summed E-state index contributed by atoms with van der Waals surface area (Å²) in [6.07, 6.45) is 6.63. The Morgan fingerprint density at radius 3 is 2.69 bits per heavy atom. The summed E-state index contributed by atoms with van der Waals surface area (Å²) in [5, 5.41) is 8.53. The Bertz CT molecular complexity index is 2220. The van der Waals surface area contributed by atoms with Gasteiger partial charge in [0, 0.05) is 91.4 Å². The van der Waals surface area contributed by atoms with Crippen LogP contribution in [0.1, 0.15) is 82.7 Å². The molecule has 2 fully saturated rings. The van der Waals surface area contributed by atoms with Gasteiger partial charge in [0.1, 0.15) is 11.6 Å². The molecule has 1 aromatic carbocycles. The Morgan fingerprint density at radius 2 is 1.95 bits per heavy atom. The summed E-state index contributed by atoms with van der Waals surface area (Å²) in [5.41, 5.74) is 8.15. The van der Waals surface area contributed by atoms with Crippen LogP contribution in [0.5, 0.6) is 0 Å². The lowest BCUT2D eigenvalue weighted by atomic mass is 9.84. The number of methoxy groups -OCH3 is 1. The fourth-order valence-electron chi connectivity index (χ4n) is 8.87. The molecule has 6 heterocycles. The number of hydrazine groups is 1. The van der Waals surface area contributed by atoms with Gasteiger partial charge in [-0.1, -0.05) is 19.9 Å². The molecular formula is C44H57N7O6S2. The molecule has 3 aliphatic heterocycles. The number of amides is 3. The zero-order valence-electron chi connectivity index (χ0n) is 35.3. The summed E-state index contributed by atoms with van der Waals surface area (Å²) in [7, 11) is 1.69. The summed E-state index contributed by atoms with van der Waals surface area (Å²) < 4.78 is 14.3. The maximum absolute atomic E-state index is 15.0. The number of cyclic esters (lactones) is 1. The van der Waals surface area contributed by atoms with Crippen molar-refractivity contribution in [2.75, 3.05) is 45.4 Å². The lowest BCUT2D eigenvalue weighted by Gasteiger charge is -2.41. The van der Waals surface area contributed by atoms with Crippen molar-refractivity contribution >= 4 is 57.7 Å². The molecule has 0 unspecified atom stereocenters. The average molecular weight is 844 g/mol. The number of carbonyl (C=O) groups is 4. The molecule has 6 bridgehead atoms. The Morgan fingerprint density at radius 1 is 1.15 bits per heavy atom. The van der Waals surface area contributed by atoms with Crippen LogP contribution in [0.25, 0.3) is 33.4 Å². The maximum atomic E-state index is 15.0. The summed E-state index contributed by atoms with van der Waals surface area (Å²) >= 11 is 2.93. The van der Waals surface area contributed by atoms with Gasteiger partial charge in [0.05, 0.1) is 40.7 Å². The highest BCUT2D eigenvalue weighted by Gasteiger charge is 2.46. The van der Waals surface area contributed by atoms with E-state index in [-0.39, 0.29) is 42.6 Å². The van der Waals surface area contributed by atoms with Gasteiger partial charge >= 0.3 is 5.97 Å². The highest BCUT2D eigenvalue weighted by Crippen LogP contribution is 2.42. The van der Waals surface area contributed by atoms with E-state index in [9.17, 15) is 19.2 Å². The highest BCUT2D eigenvalue weighted by atomic mass is 32.2. The van der Waals surface area contributed by atoms with Crippen LogP contribution in [0.15, 0.2) is 41.9 Å². The lowest BCUT2D eigenvalue weighted by Crippen LogP contribution is -2.68. The number of thioether (sulfide) groups is 1. The van der Waals surface area contributed by atoms with Crippen molar-refractivity contribution in [1.82, 2.24) is 35.2 Å². The lowest BCUT2D eigenvalue weighted by molar-refractivity contribution is -0.157. The van der Waals surface area contributed by atoms with E-state index in [1.807, 2.05) is 24.6 Å². The SMILES string of the molecule is CCn1c(-c2cccnc2[C@H](C)OC)c2c3cc(ccc31)-c1csc(n1)C[C@](CSC)(NC(=O)[C@H]1CCCN(C(C)=O)C1)C(=O)N1CCC[C@H](N1)C(=O)OCC(C)(C)C2. The van der Waals surface area contributed by atoms with Crippen LogP contribution < -0.4 is 10.7 Å². The van der Waals surface area contributed by atoms with Gasteiger partial charge in [-0.2, -0.15) is 11.8 Å². The van der Waals surface area contributed by atoms with Gasteiger partial charge in [-0.15, -0.1) is 11.3 Å². The molecule has 3 aromatic heterocycles. The molecular weight excluding hydrogens is 787 g/mol. The minimum absolute atomic E-state index is 0.0712. The van der Waals surface area contributed by atoms with Gasteiger partial charge in [0.2, 0.25) is 11.8 Å². The van der Waals surface area contributed by atoms with E-state index in [1.54, 1.807) is 18.2 Å². The van der Waals surface area contributed by atoms with E-state index in [0.29, 0.717) is 63.3 Å². The second-order valence-electron chi connectivity index (χ2n) is 17.0. The van der Waals surface area contributed by atoms with Crippen LogP contribution in [0.2, 0.25) is 0 Å². The summed E-state index contributed by atoms with van der Waals surface area (Å²) in [5.74, 6) is -1.27. The average Bonchev–Trinajstić information content (AvgIpc) is 3.83. The predicted molar refractivity (Wildman–Crippen MR) is 232 cm³/mol. The molecule has 316 valence electrons. The van der Waals surface area contributed by atoms with Gasteiger partial charge in [0.15, 0.2) is 0 Å². The number of nitrogens with zero attached hydrogens (tertiary/aromatic N) is 5. The van der Waals surface area contributed by atoms with E-state index in [1.165, 1.54) is 35.0 Å². The molecule has 15 heteroatoms. The molecule has 13 nitrogen and oxygen atoms in total. The van der Waals surface area contributed by atoms with Crippen molar-refractivity contribution in [2.24, 2.45) is 11.3 Å². The van der Waals surface area contributed by atoms with E-state index in [2.05, 4.69) is 60.3 Å². The van der Waals surface area contributed by atoms with E-state index >= 15 is 0 Å². The first-order valence-corrected chi connectivity index (χ1v) is 22.9. The normalized spacial score (nSPS) is 23.1. The fourth-order valence-corrected chi connectivity index (χ4v) is 10.6. The summed E-state index contributed by atoms with van der Waals surface area (Å²) in [6, 6.07) is 9.77. The molecule has 7 rings (SSSR count). The third-order valence-electron chi connectivity index (χ3n) is 12.0. The molecule has 3 aliphatic rings. The Kier molecular flexibility index (Phi) is 12.9. The molecule has 3 amide bonds. The number of aromatic nitrogens is 3. The van der Waals surface area contributed by atoms with Crippen LogP contribution in [0, 0.1) is 11.3 Å². The second kappa shape index (κ2) is 17.7. The summed E-state index contributed by atoms with van der Waals surface area (Å²) in [4.78, 5) is 67.1. The molecule has 0 aliphatic carbocycles. The highest BCUT2D eigenvalue weighted by molar-refractivity contribution is 7.98. The minimum Gasteiger partial charge on any atom is -0.464 e. The number of pyridine rings is 1. The number of hydrogen-bond donors (Lipinski definition) is 2. The number of piperidine rings is 1.